The van der Waals surface area contributed by atoms with Crippen molar-refractivity contribution in [2.24, 2.45) is 0 Å². The third kappa shape index (κ3) is 2.01. The van der Waals surface area contributed by atoms with Gasteiger partial charge in [-0.2, -0.15) is 0 Å². The first-order valence-electron chi connectivity index (χ1n) is 7.77. The van der Waals surface area contributed by atoms with E-state index in [4.69, 9.17) is 5.73 Å². The minimum Gasteiger partial charge on any atom is -0.384 e. The Hall–Kier alpha value is -3.09. The number of hydrogen-bond donors (Lipinski definition) is 3. The Balaban J connectivity index is 1.90. The predicted molar refractivity (Wildman–Crippen MR) is 89.7 cm³/mol. The maximum atomic E-state index is 12.4. The van der Waals surface area contributed by atoms with Gasteiger partial charge in [-0.1, -0.05) is 0 Å². The zero-order valence-corrected chi connectivity index (χ0v) is 13.1. The second kappa shape index (κ2) is 4.95. The van der Waals surface area contributed by atoms with Gasteiger partial charge in [-0.05, 0) is 43.5 Å². The molecule has 1 aromatic carbocycles. The fourth-order valence-corrected chi connectivity index (χ4v) is 3.32. The number of fused-ring (bicyclic) bond motifs is 2. The van der Waals surface area contributed by atoms with Crippen molar-refractivity contribution in [1.82, 2.24) is 9.88 Å². The Bertz CT molecular complexity index is 961. The topological polar surface area (TPSA) is 106 Å². The number of amides is 2. The summed E-state index contributed by atoms with van der Waals surface area (Å²) in [6.45, 7) is 2.12. The third-order valence-corrected chi connectivity index (χ3v) is 4.55. The summed E-state index contributed by atoms with van der Waals surface area (Å²) in [4.78, 5) is 36.1. The molecule has 0 bridgehead atoms. The van der Waals surface area contributed by atoms with Crippen molar-refractivity contribution >= 4 is 23.3 Å². The zero-order chi connectivity index (χ0) is 17.0. The van der Waals surface area contributed by atoms with Gasteiger partial charge in [-0.3, -0.25) is 24.3 Å². The molecule has 0 saturated heterocycles. The fraction of sp³-hybridized carbons (Fsp3) is 0.235. The van der Waals surface area contributed by atoms with Crippen molar-refractivity contribution in [1.29, 1.82) is 0 Å². The average Bonchev–Trinajstić information content (AvgIpc) is 2.81. The van der Waals surface area contributed by atoms with Crippen LogP contribution < -0.4 is 21.9 Å². The number of aryl methyl sites for hydroxylation is 1. The maximum absolute atomic E-state index is 12.4. The molecule has 0 radical (unpaired) electrons. The third-order valence-electron chi connectivity index (χ3n) is 4.55. The van der Waals surface area contributed by atoms with E-state index >= 15 is 0 Å². The van der Waals surface area contributed by atoms with Crippen LogP contribution in [0.25, 0.3) is 5.69 Å². The van der Waals surface area contributed by atoms with Crippen molar-refractivity contribution in [2.45, 2.75) is 25.8 Å². The second-order valence-corrected chi connectivity index (χ2v) is 6.20. The van der Waals surface area contributed by atoms with E-state index in [1.807, 2.05) is 12.1 Å². The SMILES string of the molecule is CC1CCc2cc(-n3c(N)c4c(cc3=O)C(=O)NC4=O)ccc2N1. The number of nitrogens with one attached hydrogen (secondary N) is 2. The molecular weight excluding hydrogens is 308 g/mol. The van der Waals surface area contributed by atoms with Gasteiger partial charge in [-0.25, -0.2) is 0 Å². The molecule has 4 N–H and O–H groups in total. The van der Waals surface area contributed by atoms with Crippen LogP contribution in [0.5, 0.6) is 0 Å². The number of hydrogen-bond acceptors (Lipinski definition) is 5. The highest BCUT2D eigenvalue weighted by Crippen LogP contribution is 2.29. The van der Waals surface area contributed by atoms with Crippen molar-refractivity contribution in [2.75, 3.05) is 11.1 Å². The predicted octanol–water partition coefficient (Wildman–Crippen LogP) is 1.05. The quantitative estimate of drug-likeness (QED) is 0.680. The molecule has 0 spiro atoms. The maximum Gasteiger partial charge on any atom is 0.262 e. The van der Waals surface area contributed by atoms with Crippen LogP contribution in [-0.4, -0.2) is 22.4 Å². The van der Waals surface area contributed by atoms with Crippen LogP contribution in [-0.2, 0) is 6.42 Å². The molecule has 24 heavy (non-hydrogen) atoms. The standard InChI is InChI=1S/C17H16N4O3/c1-8-2-3-9-6-10(4-5-12(9)19-8)21-13(22)7-11-14(15(21)18)17(24)20-16(11)23/h4-8,19H,2-3,18H2,1H3,(H,20,23,24). The highest BCUT2D eigenvalue weighted by molar-refractivity contribution is 6.23. The van der Waals surface area contributed by atoms with E-state index in [2.05, 4.69) is 17.6 Å². The van der Waals surface area contributed by atoms with Crippen LogP contribution in [0, 0.1) is 0 Å². The molecule has 2 aliphatic heterocycles. The van der Waals surface area contributed by atoms with Gasteiger partial charge >= 0.3 is 0 Å². The number of pyridine rings is 1. The molecule has 4 rings (SSSR count). The van der Waals surface area contributed by atoms with Gasteiger partial charge in [0, 0.05) is 17.8 Å². The summed E-state index contributed by atoms with van der Waals surface area (Å²) in [6.07, 6.45) is 1.90. The first kappa shape index (κ1) is 14.5. The summed E-state index contributed by atoms with van der Waals surface area (Å²) in [5.41, 5.74) is 8.43. The summed E-state index contributed by atoms with van der Waals surface area (Å²) in [7, 11) is 0. The Morgan fingerprint density at radius 1 is 1.17 bits per heavy atom. The Morgan fingerprint density at radius 3 is 2.75 bits per heavy atom. The lowest BCUT2D eigenvalue weighted by Crippen LogP contribution is -2.25. The highest BCUT2D eigenvalue weighted by Gasteiger charge is 2.32. The number of carbonyl (C=O) groups excluding carboxylic acids is 2. The van der Waals surface area contributed by atoms with E-state index in [-0.39, 0.29) is 16.9 Å². The number of carbonyl (C=O) groups is 2. The molecule has 1 aromatic heterocycles. The molecule has 0 saturated carbocycles. The van der Waals surface area contributed by atoms with Gasteiger partial charge < -0.3 is 11.1 Å². The zero-order valence-electron chi connectivity index (χ0n) is 13.1. The van der Waals surface area contributed by atoms with Crippen LogP contribution in [0.1, 0.15) is 39.6 Å². The van der Waals surface area contributed by atoms with Crippen LogP contribution in [0.3, 0.4) is 0 Å². The molecule has 2 aromatic rings. The monoisotopic (exact) mass is 324 g/mol. The normalized spacial score (nSPS) is 18.6. The summed E-state index contributed by atoms with van der Waals surface area (Å²) in [5, 5.41) is 5.56. The number of anilines is 2. The Labute approximate surface area is 137 Å². The number of nitrogen functional groups attached to an aromatic ring is 1. The van der Waals surface area contributed by atoms with E-state index in [1.165, 1.54) is 4.57 Å². The number of nitrogens with zero attached hydrogens (tertiary/aromatic N) is 1. The number of rotatable bonds is 1. The average molecular weight is 324 g/mol. The van der Waals surface area contributed by atoms with E-state index in [0.29, 0.717) is 11.7 Å². The van der Waals surface area contributed by atoms with Crippen LogP contribution in [0.4, 0.5) is 11.5 Å². The van der Waals surface area contributed by atoms with E-state index in [1.54, 1.807) is 6.07 Å². The molecule has 2 aliphatic rings. The smallest absolute Gasteiger partial charge is 0.262 e. The lowest BCUT2D eigenvalue weighted by molar-refractivity contribution is 0.0880. The van der Waals surface area contributed by atoms with Crippen LogP contribution in [0.15, 0.2) is 29.1 Å². The molecule has 122 valence electrons. The summed E-state index contributed by atoms with van der Waals surface area (Å²) in [6, 6.07) is 7.15. The highest BCUT2D eigenvalue weighted by atomic mass is 16.2. The molecular formula is C17H16N4O3. The molecule has 0 aliphatic carbocycles. The molecule has 0 fully saturated rings. The fourth-order valence-electron chi connectivity index (χ4n) is 3.32. The van der Waals surface area contributed by atoms with Crippen molar-refractivity contribution < 1.29 is 9.59 Å². The van der Waals surface area contributed by atoms with E-state index in [9.17, 15) is 14.4 Å². The molecule has 2 amide bonds. The first-order valence-corrected chi connectivity index (χ1v) is 7.77. The summed E-state index contributed by atoms with van der Waals surface area (Å²) < 4.78 is 1.27. The molecule has 1 atom stereocenters. The molecule has 3 heterocycles. The molecule has 7 nitrogen and oxygen atoms in total. The van der Waals surface area contributed by atoms with Gasteiger partial charge in [-0.15, -0.1) is 0 Å². The minimum absolute atomic E-state index is 0.0158. The van der Waals surface area contributed by atoms with Crippen LogP contribution in [0.2, 0.25) is 0 Å². The number of benzene rings is 1. The van der Waals surface area contributed by atoms with Crippen molar-refractivity contribution in [3.05, 3.63) is 51.3 Å². The second-order valence-electron chi connectivity index (χ2n) is 6.20. The summed E-state index contributed by atoms with van der Waals surface area (Å²) >= 11 is 0. The number of aromatic nitrogens is 1. The van der Waals surface area contributed by atoms with Crippen molar-refractivity contribution in [3.63, 3.8) is 0 Å². The molecule has 7 heteroatoms. The lowest BCUT2D eigenvalue weighted by atomic mass is 9.98. The Kier molecular flexibility index (Phi) is 2.99. The largest absolute Gasteiger partial charge is 0.384 e. The van der Waals surface area contributed by atoms with Gasteiger partial charge in [0.25, 0.3) is 17.4 Å². The van der Waals surface area contributed by atoms with Gasteiger partial charge in [0.1, 0.15) is 5.82 Å². The first-order chi connectivity index (χ1) is 11.5. The van der Waals surface area contributed by atoms with Gasteiger partial charge in [0.05, 0.1) is 16.8 Å². The number of nitrogens with two attached hydrogens (primary N) is 1. The molecule has 1 unspecified atom stereocenters. The summed E-state index contributed by atoms with van der Waals surface area (Å²) in [5.74, 6) is -1.18. The number of imide groups is 1. The van der Waals surface area contributed by atoms with Crippen LogP contribution >= 0.6 is 0 Å². The van der Waals surface area contributed by atoms with E-state index in [0.717, 1.165) is 30.2 Å². The van der Waals surface area contributed by atoms with Gasteiger partial charge in [0.2, 0.25) is 0 Å². The van der Waals surface area contributed by atoms with E-state index < -0.39 is 17.4 Å². The Morgan fingerprint density at radius 2 is 1.96 bits per heavy atom. The van der Waals surface area contributed by atoms with Crippen molar-refractivity contribution in [3.8, 4) is 5.69 Å². The lowest BCUT2D eigenvalue weighted by Gasteiger charge is -2.25. The van der Waals surface area contributed by atoms with Gasteiger partial charge in [0.15, 0.2) is 0 Å². The minimum atomic E-state index is -0.588.